The van der Waals surface area contributed by atoms with Gasteiger partial charge in [0.2, 0.25) is 5.91 Å². The van der Waals surface area contributed by atoms with Crippen molar-refractivity contribution in [3.8, 4) is 0 Å². The van der Waals surface area contributed by atoms with Crippen molar-refractivity contribution < 1.29 is 14.7 Å². The number of carbonyl (C=O) groups is 2. The van der Waals surface area contributed by atoms with E-state index in [4.69, 9.17) is 5.11 Å². The van der Waals surface area contributed by atoms with Crippen molar-refractivity contribution in [2.45, 2.75) is 34.2 Å². The molecule has 0 saturated heterocycles. The molecule has 0 fully saturated rings. The van der Waals surface area contributed by atoms with E-state index in [1.165, 1.54) is 11.1 Å². The van der Waals surface area contributed by atoms with Gasteiger partial charge >= 0.3 is 5.97 Å². The fourth-order valence-electron chi connectivity index (χ4n) is 1.95. The highest BCUT2D eigenvalue weighted by molar-refractivity contribution is 5.93. The van der Waals surface area contributed by atoms with E-state index in [9.17, 15) is 9.59 Å². The van der Waals surface area contributed by atoms with Crippen LogP contribution in [0.1, 0.15) is 27.8 Å². The van der Waals surface area contributed by atoms with Gasteiger partial charge in [0.25, 0.3) is 0 Å². The number of benzene rings is 1. The SMILES string of the molecule is Cc1cc(C)c(C)c(CNC(=O)/C=C/C(=O)O)c1C. The summed E-state index contributed by atoms with van der Waals surface area (Å²) in [5.74, 6) is -1.53. The molecule has 0 atom stereocenters. The molecule has 0 radical (unpaired) electrons. The number of carbonyl (C=O) groups excluding carboxylic acids is 1. The Labute approximate surface area is 113 Å². The van der Waals surface area contributed by atoms with E-state index >= 15 is 0 Å². The van der Waals surface area contributed by atoms with Crippen molar-refractivity contribution in [2.75, 3.05) is 0 Å². The van der Waals surface area contributed by atoms with Crippen molar-refractivity contribution in [3.63, 3.8) is 0 Å². The van der Waals surface area contributed by atoms with E-state index in [1.54, 1.807) is 0 Å². The summed E-state index contributed by atoms with van der Waals surface area (Å²) in [4.78, 5) is 21.8. The van der Waals surface area contributed by atoms with Crippen molar-refractivity contribution in [3.05, 3.63) is 46.0 Å². The summed E-state index contributed by atoms with van der Waals surface area (Å²) in [6.45, 7) is 8.53. The minimum Gasteiger partial charge on any atom is -0.478 e. The van der Waals surface area contributed by atoms with Gasteiger partial charge in [0.1, 0.15) is 0 Å². The molecule has 0 aliphatic carbocycles. The first-order chi connectivity index (χ1) is 8.82. The van der Waals surface area contributed by atoms with E-state index < -0.39 is 11.9 Å². The molecule has 0 unspecified atom stereocenters. The Bertz CT molecular complexity index is 519. The second-order valence-electron chi connectivity index (χ2n) is 4.63. The summed E-state index contributed by atoms with van der Waals surface area (Å²) in [5.41, 5.74) is 5.78. The lowest BCUT2D eigenvalue weighted by Gasteiger charge is -2.15. The zero-order valence-electron chi connectivity index (χ0n) is 11.7. The molecule has 0 aliphatic heterocycles. The first-order valence-corrected chi connectivity index (χ1v) is 6.08. The first-order valence-electron chi connectivity index (χ1n) is 6.08. The smallest absolute Gasteiger partial charge is 0.328 e. The van der Waals surface area contributed by atoms with E-state index in [0.29, 0.717) is 6.54 Å². The number of carboxylic acid groups (broad SMARTS) is 1. The van der Waals surface area contributed by atoms with Gasteiger partial charge in [0.15, 0.2) is 0 Å². The highest BCUT2D eigenvalue weighted by atomic mass is 16.4. The Balaban J connectivity index is 2.84. The van der Waals surface area contributed by atoms with Crippen LogP contribution in [-0.2, 0) is 16.1 Å². The van der Waals surface area contributed by atoms with Gasteiger partial charge in [-0.3, -0.25) is 4.79 Å². The lowest BCUT2D eigenvalue weighted by Crippen LogP contribution is -2.22. The fraction of sp³-hybridized carbons (Fsp3) is 0.333. The second-order valence-corrected chi connectivity index (χ2v) is 4.63. The minimum absolute atomic E-state index is 0.402. The van der Waals surface area contributed by atoms with Gasteiger partial charge in [-0.1, -0.05) is 6.07 Å². The van der Waals surface area contributed by atoms with Gasteiger partial charge < -0.3 is 10.4 Å². The summed E-state index contributed by atoms with van der Waals surface area (Å²) in [6.07, 6.45) is 1.85. The van der Waals surface area contributed by atoms with Gasteiger partial charge in [-0.05, 0) is 55.5 Å². The van der Waals surface area contributed by atoms with Crippen molar-refractivity contribution in [2.24, 2.45) is 0 Å². The molecule has 4 nitrogen and oxygen atoms in total. The summed E-state index contributed by atoms with van der Waals surface area (Å²) < 4.78 is 0. The Morgan fingerprint density at radius 1 is 1.11 bits per heavy atom. The summed E-state index contributed by atoms with van der Waals surface area (Å²) in [5, 5.41) is 11.1. The number of amides is 1. The Hall–Kier alpha value is -2.10. The van der Waals surface area contributed by atoms with Crippen LogP contribution in [0.2, 0.25) is 0 Å². The molecule has 1 rings (SSSR count). The van der Waals surface area contributed by atoms with Crippen LogP contribution in [-0.4, -0.2) is 17.0 Å². The zero-order valence-corrected chi connectivity index (χ0v) is 11.7. The Kier molecular flexibility index (Phi) is 4.87. The third-order valence-corrected chi connectivity index (χ3v) is 3.34. The molecule has 4 heteroatoms. The molecule has 1 amide bonds. The lowest BCUT2D eigenvalue weighted by molar-refractivity contribution is -0.131. The average Bonchev–Trinajstić information content (AvgIpc) is 2.34. The molecular formula is C15H19NO3. The highest BCUT2D eigenvalue weighted by Gasteiger charge is 2.08. The third-order valence-electron chi connectivity index (χ3n) is 3.34. The molecule has 0 aromatic heterocycles. The van der Waals surface area contributed by atoms with Crippen molar-refractivity contribution in [1.82, 2.24) is 5.32 Å². The van der Waals surface area contributed by atoms with Crippen LogP contribution in [0, 0.1) is 27.7 Å². The molecule has 0 heterocycles. The first kappa shape index (κ1) is 15.0. The van der Waals surface area contributed by atoms with Crippen LogP contribution in [0.3, 0.4) is 0 Å². The number of hydrogen-bond acceptors (Lipinski definition) is 2. The molecule has 0 bridgehead atoms. The molecule has 0 aliphatic rings. The minimum atomic E-state index is -1.13. The number of hydrogen-bond donors (Lipinski definition) is 2. The molecular weight excluding hydrogens is 242 g/mol. The van der Waals surface area contributed by atoms with Crippen LogP contribution < -0.4 is 5.32 Å². The second kappa shape index (κ2) is 6.18. The van der Waals surface area contributed by atoms with Gasteiger partial charge in [-0.25, -0.2) is 4.79 Å². The van der Waals surface area contributed by atoms with Crippen molar-refractivity contribution in [1.29, 1.82) is 0 Å². The van der Waals surface area contributed by atoms with E-state index in [2.05, 4.69) is 11.4 Å². The number of nitrogens with one attached hydrogen (secondary N) is 1. The molecule has 102 valence electrons. The van der Waals surface area contributed by atoms with E-state index in [-0.39, 0.29) is 0 Å². The molecule has 0 spiro atoms. The van der Waals surface area contributed by atoms with Crippen LogP contribution in [0.15, 0.2) is 18.2 Å². The quantitative estimate of drug-likeness (QED) is 0.816. The van der Waals surface area contributed by atoms with Crippen LogP contribution >= 0.6 is 0 Å². The Morgan fingerprint density at radius 2 is 1.63 bits per heavy atom. The zero-order chi connectivity index (χ0) is 14.6. The predicted octanol–water partition coefficient (Wildman–Crippen LogP) is 2.18. The monoisotopic (exact) mass is 261 g/mol. The molecule has 1 aromatic rings. The van der Waals surface area contributed by atoms with E-state index in [0.717, 1.165) is 28.8 Å². The summed E-state index contributed by atoms with van der Waals surface area (Å²) in [6, 6.07) is 2.13. The normalized spacial score (nSPS) is 10.7. The van der Waals surface area contributed by atoms with Gasteiger partial charge in [-0.2, -0.15) is 0 Å². The van der Waals surface area contributed by atoms with Gasteiger partial charge in [0.05, 0.1) is 0 Å². The Morgan fingerprint density at radius 3 is 2.11 bits per heavy atom. The van der Waals surface area contributed by atoms with Crippen LogP contribution in [0.4, 0.5) is 0 Å². The highest BCUT2D eigenvalue weighted by Crippen LogP contribution is 2.21. The average molecular weight is 261 g/mol. The number of aliphatic carboxylic acids is 1. The largest absolute Gasteiger partial charge is 0.478 e. The van der Waals surface area contributed by atoms with Crippen LogP contribution in [0.25, 0.3) is 0 Å². The molecule has 2 N–H and O–H groups in total. The van der Waals surface area contributed by atoms with Gasteiger partial charge in [-0.15, -0.1) is 0 Å². The lowest BCUT2D eigenvalue weighted by atomic mass is 9.94. The standard InChI is InChI=1S/C15H19NO3/c1-9-7-10(2)12(4)13(11(9)3)8-16-14(17)5-6-15(18)19/h5-7H,8H2,1-4H3,(H,16,17)(H,18,19)/b6-5+. The topological polar surface area (TPSA) is 66.4 Å². The van der Waals surface area contributed by atoms with Crippen molar-refractivity contribution >= 4 is 11.9 Å². The summed E-state index contributed by atoms with van der Waals surface area (Å²) in [7, 11) is 0. The maximum atomic E-state index is 11.5. The predicted molar refractivity (Wildman–Crippen MR) is 74.0 cm³/mol. The third kappa shape index (κ3) is 3.95. The maximum Gasteiger partial charge on any atom is 0.328 e. The summed E-state index contributed by atoms with van der Waals surface area (Å²) >= 11 is 0. The number of carboxylic acids is 1. The van der Waals surface area contributed by atoms with Gasteiger partial charge in [0, 0.05) is 18.7 Å². The van der Waals surface area contributed by atoms with E-state index in [1.807, 2.05) is 27.7 Å². The maximum absolute atomic E-state index is 11.5. The molecule has 1 aromatic carbocycles. The molecule has 0 saturated carbocycles. The fourth-order valence-corrected chi connectivity index (χ4v) is 1.95. The number of rotatable bonds is 4. The molecule has 19 heavy (non-hydrogen) atoms. The van der Waals surface area contributed by atoms with Crippen LogP contribution in [0.5, 0.6) is 0 Å². The number of aryl methyl sites for hydroxylation is 2.